The number of esters is 1. The third-order valence-electron chi connectivity index (χ3n) is 2.96. The maximum atomic E-state index is 11.5. The van der Waals surface area contributed by atoms with E-state index in [4.69, 9.17) is 4.74 Å². The molecule has 0 fully saturated rings. The van der Waals surface area contributed by atoms with E-state index >= 15 is 0 Å². The van der Waals surface area contributed by atoms with Gasteiger partial charge in [-0.1, -0.05) is 45.4 Å². The smallest absolute Gasteiger partial charge is 0.307 e. The largest absolute Gasteiger partial charge is 0.466 e. The zero-order chi connectivity index (χ0) is 14.3. The van der Waals surface area contributed by atoms with E-state index in [2.05, 4.69) is 12.2 Å². The first kappa shape index (κ1) is 17.9. The minimum atomic E-state index is -0.251. The Hall–Kier alpha value is -1.06. The van der Waals surface area contributed by atoms with Crippen molar-refractivity contribution in [3.05, 3.63) is 0 Å². The Kier molecular flexibility index (Phi) is 12.6. The van der Waals surface area contributed by atoms with Crippen LogP contribution in [-0.4, -0.2) is 25.0 Å². The fourth-order valence-corrected chi connectivity index (χ4v) is 1.87. The van der Waals surface area contributed by atoms with Crippen molar-refractivity contribution in [2.45, 2.75) is 71.6 Å². The number of rotatable bonds is 12. The highest BCUT2D eigenvalue weighted by molar-refractivity contribution is 5.76. The summed E-state index contributed by atoms with van der Waals surface area (Å²) in [6, 6.07) is 0. The number of nitrogens with one attached hydrogen (secondary N) is 1. The third-order valence-corrected chi connectivity index (χ3v) is 2.96. The van der Waals surface area contributed by atoms with Crippen LogP contribution in [0.15, 0.2) is 0 Å². The van der Waals surface area contributed by atoms with Crippen LogP contribution in [0.3, 0.4) is 0 Å². The van der Waals surface area contributed by atoms with E-state index in [1.54, 1.807) is 6.92 Å². The lowest BCUT2D eigenvalue weighted by Crippen LogP contribution is -2.26. The van der Waals surface area contributed by atoms with Crippen LogP contribution in [0.2, 0.25) is 0 Å². The zero-order valence-electron chi connectivity index (χ0n) is 12.5. The number of ether oxygens (including phenoxy) is 1. The molecule has 0 aliphatic carbocycles. The summed E-state index contributed by atoms with van der Waals surface area (Å²) in [7, 11) is 0. The maximum Gasteiger partial charge on any atom is 0.307 e. The second-order valence-electron chi connectivity index (χ2n) is 4.78. The first-order valence-corrected chi connectivity index (χ1v) is 7.63. The van der Waals surface area contributed by atoms with Crippen LogP contribution in [-0.2, 0) is 14.3 Å². The van der Waals surface area contributed by atoms with Gasteiger partial charge in [0, 0.05) is 13.0 Å². The summed E-state index contributed by atoms with van der Waals surface area (Å²) in [6.07, 6.45) is 9.27. The standard InChI is InChI=1S/C15H29NO3/c1-3-5-6-7-8-9-10-11-14(17)16-13-12-15(18)19-4-2/h3-13H2,1-2H3,(H,16,17). The van der Waals surface area contributed by atoms with Gasteiger partial charge < -0.3 is 10.1 Å². The Morgan fingerprint density at radius 1 is 0.895 bits per heavy atom. The van der Waals surface area contributed by atoms with Crippen molar-refractivity contribution in [3.8, 4) is 0 Å². The molecule has 0 atom stereocenters. The number of carbonyl (C=O) groups excluding carboxylic acids is 2. The second-order valence-corrected chi connectivity index (χ2v) is 4.78. The molecule has 0 aromatic heterocycles. The van der Waals surface area contributed by atoms with Gasteiger partial charge in [-0.2, -0.15) is 0 Å². The Balaban J connectivity index is 3.28. The van der Waals surface area contributed by atoms with Gasteiger partial charge in [0.1, 0.15) is 0 Å². The monoisotopic (exact) mass is 271 g/mol. The summed E-state index contributed by atoms with van der Waals surface area (Å²) >= 11 is 0. The summed E-state index contributed by atoms with van der Waals surface area (Å²) in [6.45, 7) is 4.76. The number of amides is 1. The van der Waals surface area contributed by atoms with E-state index in [0.29, 0.717) is 19.6 Å². The van der Waals surface area contributed by atoms with Crippen molar-refractivity contribution in [2.75, 3.05) is 13.2 Å². The van der Waals surface area contributed by atoms with Gasteiger partial charge in [-0.3, -0.25) is 9.59 Å². The summed E-state index contributed by atoms with van der Waals surface area (Å²) in [4.78, 5) is 22.5. The Morgan fingerprint density at radius 3 is 2.16 bits per heavy atom. The second kappa shape index (κ2) is 13.4. The molecule has 0 rings (SSSR count). The van der Waals surface area contributed by atoms with Crippen LogP contribution in [0, 0.1) is 0 Å². The number of carbonyl (C=O) groups is 2. The SMILES string of the molecule is CCCCCCCCCC(=O)NCCC(=O)OCC. The Morgan fingerprint density at radius 2 is 1.53 bits per heavy atom. The molecule has 0 radical (unpaired) electrons. The van der Waals surface area contributed by atoms with Gasteiger partial charge in [0.25, 0.3) is 0 Å². The van der Waals surface area contributed by atoms with E-state index in [9.17, 15) is 9.59 Å². The zero-order valence-corrected chi connectivity index (χ0v) is 12.5. The molecule has 0 heterocycles. The minimum Gasteiger partial charge on any atom is -0.466 e. The molecule has 0 aromatic carbocycles. The van der Waals surface area contributed by atoms with Gasteiger partial charge >= 0.3 is 5.97 Å². The molecule has 112 valence electrons. The van der Waals surface area contributed by atoms with E-state index in [-0.39, 0.29) is 18.3 Å². The lowest BCUT2D eigenvalue weighted by Gasteiger charge is -2.05. The van der Waals surface area contributed by atoms with Crippen LogP contribution in [0.4, 0.5) is 0 Å². The van der Waals surface area contributed by atoms with Gasteiger partial charge in [-0.15, -0.1) is 0 Å². The Bertz CT molecular complexity index is 242. The molecule has 1 N–H and O–H groups in total. The highest BCUT2D eigenvalue weighted by Gasteiger charge is 2.04. The maximum absolute atomic E-state index is 11.5. The van der Waals surface area contributed by atoms with Gasteiger partial charge in [0.2, 0.25) is 5.91 Å². The fourth-order valence-electron chi connectivity index (χ4n) is 1.87. The van der Waals surface area contributed by atoms with Gasteiger partial charge in [0.15, 0.2) is 0 Å². The average Bonchev–Trinajstić information content (AvgIpc) is 2.38. The van der Waals surface area contributed by atoms with Crippen molar-refractivity contribution in [3.63, 3.8) is 0 Å². The highest BCUT2D eigenvalue weighted by atomic mass is 16.5. The lowest BCUT2D eigenvalue weighted by atomic mass is 10.1. The Labute approximate surface area is 117 Å². The molecule has 4 heteroatoms. The summed E-state index contributed by atoms with van der Waals surface area (Å²) in [5.41, 5.74) is 0. The normalized spacial score (nSPS) is 10.2. The molecule has 4 nitrogen and oxygen atoms in total. The molecule has 0 bridgehead atoms. The van der Waals surface area contributed by atoms with E-state index in [1.165, 1.54) is 32.1 Å². The van der Waals surface area contributed by atoms with Crippen molar-refractivity contribution in [1.82, 2.24) is 5.32 Å². The molecule has 19 heavy (non-hydrogen) atoms. The van der Waals surface area contributed by atoms with Crippen molar-refractivity contribution >= 4 is 11.9 Å². The molecule has 0 aliphatic heterocycles. The lowest BCUT2D eigenvalue weighted by molar-refractivity contribution is -0.143. The molecule has 0 aromatic rings. The molecule has 0 saturated carbocycles. The van der Waals surface area contributed by atoms with Crippen molar-refractivity contribution in [1.29, 1.82) is 0 Å². The molecule has 0 unspecified atom stereocenters. The van der Waals surface area contributed by atoms with E-state index in [0.717, 1.165) is 12.8 Å². The predicted molar refractivity (Wildman–Crippen MR) is 76.9 cm³/mol. The highest BCUT2D eigenvalue weighted by Crippen LogP contribution is 2.08. The molecular weight excluding hydrogens is 242 g/mol. The van der Waals surface area contributed by atoms with E-state index in [1.807, 2.05) is 0 Å². The summed E-state index contributed by atoms with van der Waals surface area (Å²) < 4.78 is 4.78. The van der Waals surface area contributed by atoms with Crippen molar-refractivity contribution in [2.24, 2.45) is 0 Å². The van der Waals surface area contributed by atoms with E-state index < -0.39 is 0 Å². The fraction of sp³-hybridized carbons (Fsp3) is 0.867. The molecule has 0 spiro atoms. The van der Waals surface area contributed by atoms with Crippen LogP contribution in [0.25, 0.3) is 0 Å². The molecule has 1 amide bonds. The quantitative estimate of drug-likeness (QED) is 0.438. The number of unbranched alkanes of at least 4 members (excludes halogenated alkanes) is 6. The van der Waals surface area contributed by atoms with Crippen LogP contribution in [0.1, 0.15) is 71.6 Å². The third kappa shape index (κ3) is 13.2. The molecular formula is C15H29NO3. The first-order valence-electron chi connectivity index (χ1n) is 7.63. The molecule has 0 saturated heterocycles. The summed E-state index contributed by atoms with van der Waals surface area (Å²) in [5, 5.41) is 2.74. The van der Waals surface area contributed by atoms with Crippen LogP contribution < -0.4 is 5.32 Å². The topological polar surface area (TPSA) is 55.4 Å². The first-order chi connectivity index (χ1) is 9.20. The number of hydrogen-bond acceptors (Lipinski definition) is 3. The van der Waals surface area contributed by atoms with Crippen molar-refractivity contribution < 1.29 is 14.3 Å². The van der Waals surface area contributed by atoms with Gasteiger partial charge in [0.05, 0.1) is 13.0 Å². The van der Waals surface area contributed by atoms with Crippen LogP contribution in [0.5, 0.6) is 0 Å². The average molecular weight is 271 g/mol. The summed E-state index contributed by atoms with van der Waals surface area (Å²) in [5.74, 6) is -0.211. The number of hydrogen-bond donors (Lipinski definition) is 1. The predicted octanol–water partition coefficient (Wildman–Crippen LogP) is 3.20. The van der Waals surface area contributed by atoms with Crippen LogP contribution >= 0.6 is 0 Å². The van der Waals surface area contributed by atoms with Gasteiger partial charge in [-0.25, -0.2) is 0 Å². The minimum absolute atomic E-state index is 0.0397. The van der Waals surface area contributed by atoms with Gasteiger partial charge in [-0.05, 0) is 13.3 Å². The molecule has 0 aliphatic rings.